The van der Waals surface area contributed by atoms with Gasteiger partial charge in [0.2, 0.25) is 0 Å². The second-order valence-corrected chi connectivity index (χ2v) is 7.18. The van der Waals surface area contributed by atoms with Gasteiger partial charge >= 0.3 is 0 Å². The molecule has 2 aromatic rings. The summed E-state index contributed by atoms with van der Waals surface area (Å²) in [6.07, 6.45) is 1.97. The Morgan fingerprint density at radius 1 is 1.04 bits per heavy atom. The molecule has 1 amide bonds. The van der Waals surface area contributed by atoms with Crippen molar-refractivity contribution >= 4 is 39.7 Å². The van der Waals surface area contributed by atoms with E-state index in [1.807, 2.05) is 24.3 Å². The number of likely N-dealkylation sites (N-methyl/N-ethyl adjacent to an activating group) is 1. The number of thioether (sulfide) groups is 1. The van der Waals surface area contributed by atoms with Crippen molar-refractivity contribution in [2.24, 2.45) is 4.99 Å². The lowest BCUT2D eigenvalue weighted by molar-refractivity contribution is -0.113. The largest absolute Gasteiger partial charge is 0.348 e. The maximum absolute atomic E-state index is 12.3. The zero-order chi connectivity index (χ0) is 16.5. The van der Waals surface area contributed by atoms with Crippen molar-refractivity contribution < 1.29 is 4.79 Å². The third-order valence-corrected chi connectivity index (χ3v) is 5.54. The first-order valence-corrected chi connectivity index (χ1v) is 8.96. The first-order chi connectivity index (χ1) is 11.7. The molecule has 4 nitrogen and oxygen atoms in total. The Balaban J connectivity index is 1.59. The van der Waals surface area contributed by atoms with Crippen LogP contribution in [0.2, 0.25) is 0 Å². The Morgan fingerprint density at radius 2 is 1.79 bits per heavy atom. The number of nitrogens with zero attached hydrogens (tertiary/aromatic N) is 3. The van der Waals surface area contributed by atoms with Crippen LogP contribution in [-0.4, -0.2) is 54.1 Å². The number of piperazine rings is 1. The lowest BCUT2D eigenvalue weighted by Crippen LogP contribution is -2.46. The number of aliphatic imine (C=N–C) groups is 1. The van der Waals surface area contributed by atoms with Crippen molar-refractivity contribution in [2.45, 2.75) is 0 Å². The summed E-state index contributed by atoms with van der Waals surface area (Å²) in [5.41, 5.74) is 1.07. The summed E-state index contributed by atoms with van der Waals surface area (Å²) in [5.74, 6) is -0.123. The molecule has 0 atom stereocenters. The third-order valence-electron chi connectivity index (χ3n) is 4.49. The van der Waals surface area contributed by atoms with Gasteiger partial charge in [0, 0.05) is 26.2 Å². The number of carbonyl (C=O) groups excluding carboxylic acids is 1. The van der Waals surface area contributed by atoms with Crippen LogP contribution in [0, 0.1) is 0 Å². The highest BCUT2D eigenvalue weighted by Gasteiger charge is 2.27. The number of hydrogen-bond donors (Lipinski definition) is 0. The Bertz CT molecular complexity index is 845. The Labute approximate surface area is 145 Å². The summed E-state index contributed by atoms with van der Waals surface area (Å²) in [7, 11) is 2.12. The van der Waals surface area contributed by atoms with Gasteiger partial charge in [-0.05, 0) is 41.2 Å². The number of benzene rings is 2. The molecule has 0 unspecified atom stereocenters. The molecule has 2 aliphatic rings. The molecule has 122 valence electrons. The zero-order valence-corrected chi connectivity index (χ0v) is 14.4. The fourth-order valence-corrected chi connectivity index (χ4v) is 4.00. The topological polar surface area (TPSA) is 35.9 Å². The molecule has 2 aliphatic heterocycles. The molecule has 24 heavy (non-hydrogen) atoms. The zero-order valence-electron chi connectivity index (χ0n) is 13.6. The lowest BCUT2D eigenvalue weighted by atomic mass is 10.0. The molecule has 1 saturated heterocycles. The van der Waals surface area contributed by atoms with Gasteiger partial charge in [0.1, 0.15) is 0 Å². The van der Waals surface area contributed by atoms with Gasteiger partial charge in [0.25, 0.3) is 5.91 Å². The van der Waals surface area contributed by atoms with Gasteiger partial charge in [-0.3, -0.25) is 4.79 Å². The van der Waals surface area contributed by atoms with Crippen LogP contribution in [0.1, 0.15) is 5.56 Å². The van der Waals surface area contributed by atoms with Crippen LogP contribution in [0.5, 0.6) is 0 Å². The fraction of sp³-hybridized carbons (Fsp3) is 0.263. The van der Waals surface area contributed by atoms with Crippen LogP contribution in [0.15, 0.2) is 52.4 Å². The summed E-state index contributed by atoms with van der Waals surface area (Å²) in [6, 6.07) is 14.4. The number of rotatable bonds is 1. The first-order valence-electron chi connectivity index (χ1n) is 8.14. The summed E-state index contributed by atoms with van der Waals surface area (Å²) >= 11 is 1.50. The Kier molecular flexibility index (Phi) is 4.12. The quantitative estimate of drug-likeness (QED) is 0.750. The lowest BCUT2D eigenvalue weighted by Gasteiger charge is -2.32. The van der Waals surface area contributed by atoms with Gasteiger partial charge in [-0.25, -0.2) is 0 Å². The van der Waals surface area contributed by atoms with Gasteiger partial charge in [0.05, 0.1) is 4.91 Å². The standard InChI is InChI=1S/C19H19N3OS/c1-21-9-11-22(12-10-21)19-20-18(23)17(24-19)13-15-7-4-6-14-5-2-3-8-16(14)15/h2-8,13H,9-12H2,1H3. The Hall–Kier alpha value is -2.11. The van der Waals surface area contributed by atoms with Gasteiger partial charge in [-0.1, -0.05) is 42.5 Å². The molecule has 0 saturated carbocycles. The molecule has 0 spiro atoms. The van der Waals surface area contributed by atoms with E-state index in [1.54, 1.807) is 0 Å². The highest BCUT2D eigenvalue weighted by atomic mass is 32.2. The normalized spacial score (nSPS) is 20.9. The smallest absolute Gasteiger partial charge is 0.286 e. The highest BCUT2D eigenvalue weighted by molar-refractivity contribution is 8.18. The molecule has 1 fully saturated rings. The van der Waals surface area contributed by atoms with E-state index >= 15 is 0 Å². The average molecular weight is 337 g/mol. The van der Waals surface area contributed by atoms with E-state index in [0.717, 1.165) is 42.3 Å². The third kappa shape index (κ3) is 2.97. The first kappa shape index (κ1) is 15.4. The predicted octanol–water partition coefficient (Wildman–Crippen LogP) is 3.06. The molecular formula is C19H19N3OS. The van der Waals surface area contributed by atoms with E-state index in [-0.39, 0.29) is 5.91 Å². The van der Waals surface area contributed by atoms with Crippen LogP contribution in [0.4, 0.5) is 0 Å². The van der Waals surface area contributed by atoms with Crippen LogP contribution < -0.4 is 0 Å². The van der Waals surface area contributed by atoms with Crippen molar-refractivity contribution in [1.29, 1.82) is 0 Å². The molecule has 2 aromatic carbocycles. The monoisotopic (exact) mass is 337 g/mol. The van der Waals surface area contributed by atoms with E-state index < -0.39 is 0 Å². The second kappa shape index (κ2) is 6.42. The number of hydrogen-bond acceptors (Lipinski definition) is 4. The van der Waals surface area contributed by atoms with Crippen molar-refractivity contribution in [3.63, 3.8) is 0 Å². The molecule has 5 heteroatoms. The summed E-state index contributed by atoms with van der Waals surface area (Å²) in [4.78, 5) is 21.8. The molecule has 0 aliphatic carbocycles. The van der Waals surface area contributed by atoms with E-state index in [0.29, 0.717) is 4.91 Å². The van der Waals surface area contributed by atoms with E-state index in [4.69, 9.17) is 0 Å². The fourth-order valence-electron chi connectivity index (χ4n) is 3.05. The molecule has 0 N–H and O–H groups in total. The summed E-state index contributed by atoms with van der Waals surface area (Å²) < 4.78 is 0. The van der Waals surface area contributed by atoms with Crippen molar-refractivity contribution in [1.82, 2.24) is 9.80 Å². The minimum absolute atomic E-state index is 0.123. The highest BCUT2D eigenvalue weighted by Crippen LogP contribution is 2.32. The minimum Gasteiger partial charge on any atom is -0.348 e. The van der Waals surface area contributed by atoms with Gasteiger partial charge in [-0.15, -0.1) is 0 Å². The van der Waals surface area contributed by atoms with Gasteiger partial charge in [-0.2, -0.15) is 4.99 Å². The molecule has 0 radical (unpaired) electrons. The number of amidine groups is 1. The summed E-state index contributed by atoms with van der Waals surface area (Å²) in [5, 5.41) is 3.19. The maximum Gasteiger partial charge on any atom is 0.286 e. The number of fused-ring (bicyclic) bond motifs is 1. The number of amides is 1. The van der Waals surface area contributed by atoms with Crippen LogP contribution in [-0.2, 0) is 4.79 Å². The van der Waals surface area contributed by atoms with Crippen LogP contribution in [0.3, 0.4) is 0 Å². The average Bonchev–Trinajstić information content (AvgIpc) is 2.97. The second-order valence-electron chi connectivity index (χ2n) is 6.17. The van der Waals surface area contributed by atoms with E-state index in [1.165, 1.54) is 17.1 Å². The molecule has 0 bridgehead atoms. The van der Waals surface area contributed by atoms with Crippen LogP contribution in [0.25, 0.3) is 16.8 Å². The maximum atomic E-state index is 12.3. The summed E-state index contributed by atoms with van der Waals surface area (Å²) in [6.45, 7) is 3.88. The Morgan fingerprint density at radius 3 is 2.62 bits per heavy atom. The molecule has 4 rings (SSSR count). The van der Waals surface area contributed by atoms with E-state index in [9.17, 15) is 4.79 Å². The van der Waals surface area contributed by atoms with Crippen molar-refractivity contribution in [2.75, 3.05) is 33.2 Å². The van der Waals surface area contributed by atoms with Gasteiger partial charge in [0.15, 0.2) is 5.17 Å². The van der Waals surface area contributed by atoms with Crippen LogP contribution >= 0.6 is 11.8 Å². The van der Waals surface area contributed by atoms with Gasteiger partial charge < -0.3 is 9.80 Å². The molecular weight excluding hydrogens is 318 g/mol. The van der Waals surface area contributed by atoms with Crippen molar-refractivity contribution in [3.8, 4) is 0 Å². The SMILES string of the molecule is CN1CCN(C2=NC(=O)C(=Cc3cccc4ccccc34)S2)CC1. The minimum atomic E-state index is -0.123. The van der Waals surface area contributed by atoms with E-state index in [2.05, 4.69) is 46.1 Å². The van der Waals surface area contributed by atoms with Crippen molar-refractivity contribution in [3.05, 3.63) is 52.9 Å². The molecule has 2 heterocycles. The number of carbonyl (C=O) groups is 1. The molecule has 0 aromatic heterocycles. The predicted molar refractivity (Wildman–Crippen MR) is 101 cm³/mol.